The van der Waals surface area contributed by atoms with Crippen molar-refractivity contribution < 1.29 is 38.7 Å². The van der Waals surface area contributed by atoms with Crippen molar-refractivity contribution in [2.45, 2.75) is 13.1 Å². The molecule has 0 saturated heterocycles. The number of methoxy groups -OCH3 is 2. The average Bonchev–Trinajstić information content (AvgIpc) is 3.37. The maximum absolute atomic E-state index is 5.29. The quantitative estimate of drug-likeness (QED) is 0.253. The Morgan fingerprint density at radius 1 is 0.710 bits per heavy atom. The third-order valence-electron chi connectivity index (χ3n) is 4.58. The van der Waals surface area contributed by atoms with Gasteiger partial charge >= 0.3 is 0 Å². The van der Waals surface area contributed by atoms with Crippen LogP contribution in [-0.4, -0.2) is 23.4 Å². The van der Waals surface area contributed by atoms with E-state index in [9.17, 15) is 0 Å². The molecule has 0 aliphatic heterocycles. The molecule has 31 heavy (non-hydrogen) atoms. The zero-order valence-corrected chi connectivity index (χ0v) is 20.7. The number of imidazole rings is 2. The number of benzene rings is 2. The van der Waals surface area contributed by atoms with Crippen molar-refractivity contribution in [3.8, 4) is 11.5 Å². The molecule has 4 rings (SSSR count). The first kappa shape index (κ1) is 24.4. The van der Waals surface area contributed by atoms with Crippen LogP contribution in [0.4, 0.5) is 0 Å². The van der Waals surface area contributed by atoms with Gasteiger partial charge in [0.05, 0.1) is 41.4 Å². The fourth-order valence-electron chi connectivity index (χ4n) is 3.11. The normalized spacial score (nSPS) is 9.94. The number of nitrogens with zero attached hydrogens (tertiary/aromatic N) is 4. The summed E-state index contributed by atoms with van der Waals surface area (Å²) in [6.45, 7) is 1.57. The van der Waals surface area contributed by atoms with Crippen molar-refractivity contribution in [3.05, 3.63) is 97.1 Å². The Morgan fingerprint density at radius 3 is 1.42 bits per heavy atom. The molecule has 2 aromatic carbocycles. The van der Waals surface area contributed by atoms with Gasteiger partial charge in [-0.1, -0.05) is 36.4 Å². The Labute approximate surface area is 197 Å². The summed E-state index contributed by atoms with van der Waals surface area (Å²) in [6.07, 6.45) is 14.2. The third kappa shape index (κ3) is 7.09. The molecule has 0 N–H and O–H groups in total. The van der Waals surface area contributed by atoms with Crippen molar-refractivity contribution in [3.63, 3.8) is 0 Å². The van der Waals surface area contributed by atoms with Gasteiger partial charge in [0.15, 0.2) is 0 Å². The van der Waals surface area contributed by atoms with Gasteiger partial charge < -0.3 is 27.7 Å². The van der Waals surface area contributed by atoms with Gasteiger partial charge in [0, 0.05) is 31.2 Å². The number of ether oxygens (including phenoxy) is 2. The van der Waals surface area contributed by atoms with Crippen LogP contribution in [0.5, 0.6) is 11.5 Å². The fourth-order valence-corrected chi connectivity index (χ4v) is 3.11. The van der Waals surface area contributed by atoms with Gasteiger partial charge in [-0.2, -0.15) is 0 Å². The summed E-state index contributed by atoms with van der Waals surface area (Å²) in [7, 11) is 7.30. The monoisotopic (exact) mass is 597 g/mol. The minimum atomic E-state index is 0. The topological polar surface area (TPSA) is 36.1 Å². The van der Waals surface area contributed by atoms with E-state index >= 15 is 0 Å². The van der Waals surface area contributed by atoms with Gasteiger partial charge in [-0.15, -0.1) is 0 Å². The first-order chi connectivity index (χ1) is 14.6. The minimum Gasteiger partial charge on any atom is -0.496 e. The summed E-state index contributed by atoms with van der Waals surface area (Å²) in [4.78, 5) is 0. The van der Waals surface area contributed by atoms with E-state index in [0.29, 0.717) is 0 Å². The molecule has 0 saturated carbocycles. The molecule has 1 radical (unpaired) electrons. The summed E-state index contributed by atoms with van der Waals surface area (Å²) in [5.41, 5.74) is 2.32. The second-order valence-electron chi connectivity index (χ2n) is 6.90. The molecule has 0 aliphatic rings. The minimum absolute atomic E-state index is 0. The van der Waals surface area contributed by atoms with E-state index in [2.05, 4.69) is 24.8 Å². The maximum Gasteiger partial charge on any atom is 0.203 e. The van der Waals surface area contributed by atoms with Gasteiger partial charge in [0.25, 0.3) is 0 Å². The van der Waals surface area contributed by atoms with Crippen molar-refractivity contribution in [1.82, 2.24) is 9.13 Å². The van der Waals surface area contributed by atoms with Gasteiger partial charge in [0.1, 0.15) is 11.5 Å². The predicted octanol–water partition coefficient (Wildman–Crippen LogP) is 2.34. The average molecular weight is 597 g/mol. The van der Waals surface area contributed by atoms with Crippen molar-refractivity contribution in [1.29, 1.82) is 0 Å². The summed E-state index contributed by atoms with van der Waals surface area (Å²) in [5.74, 6) is 1.84. The van der Waals surface area contributed by atoms with Crippen LogP contribution in [-0.2, 0) is 47.3 Å². The zero-order valence-electron chi connectivity index (χ0n) is 18.3. The van der Waals surface area contributed by atoms with Crippen LogP contribution in [0, 0.1) is 12.7 Å². The van der Waals surface area contributed by atoms with Gasteiger partial charge in [-0.25, -0.2) is 0 Å². The molecule has 0 bridgehead atoms. The van der Waals surface area contributed by atoms with E-state index in [1.807, 2.05) is 93.5 Å². The zero-order chi connectivity index (χ0) is 21.3. The van der Waals surface area contributed by atoms with Crippen molar-refractivity contribution in [2.24, 2.45) is 14.1 Å². The molecular weight excluding hydrogens is 569 g/mol. The Morgan fingerprint density at radius 2 is 1.10 bits per heavy atom. The van der Waals surface area contributed by atoms with Crippen LogP contribution in [0.1, 0.15) is 11.1 Å². The standard InChI is InChI=1S/2C12H14N2O.Ir/c2*1-13-7-8-14(10-13)9-11-5-3-4-6-12(11)15-2;/h2*3-8H,9H2,1-2H3;. The van der Waals surface area contributed by atoms with E-state index in [-0.39, 0.29) is 20.1 Å². The van der Waals surface area contributed by atoms with Crippen LogP contribution < -0.4 is 18.6 Å². The Balaban J connectivity index is 0.000000213. The number of para-hydroxylation sites is 2. The van der Waals surface area contributed by atoms with Crippen LogP contribution in [0.25, 0.3) is 0 Å². The number of aromatic nitrogens is 4. The molecular formula is C24H28IrN4O2. The summed E-state index contributed by atoms with van der Waals surface area (Å²) >= 11 is 0. The maximum atomic E-state index is 5.29. The summed E-state index contributed by atoms with van der Waals surface area (Å²) in [6, 6.07) is 16.0. The van der Waals surface area contributed by atoms with Crippen LogP contribution >= 0.6 is 0 Å². The smallest absolute Gasteiger partial charge is 0.203 e. The molecule has 0 amide bonds. The number of hydrogen-bond acceptors (Lipinski definition) is 2. The molecule has 0 fully saturated rings. The molecule has 6 nitrogen and oxygen atoms in total. The first-order valence-electron chi connectivity index (χ1n) is 9.71. The van der Waals surface area contributed by atoms with E-state index in [0.717, 1.165) is 35.7 Å². The van der Waals surface area contributed by atoms with Crippen molar-refractivity contribution >= 4 is 0 Å². The third-order valence-corrected chi connectivity index (χ3v) is 4.58. The van der Waals surface area contributed by atoms with E-state index in [4.69, 9.17) is 9.47 Å². The van der Waals surface area contributed by atoms with Gasteiger partial charge in [0.2, 0.25) is 12.7 Å². The molecule has 0 spiro atoms. The molecule has 0 aliphatic carbocycles. The molecule has 2 heterocycles. The molecule has 4 aromatic rings. The van der Waals surface area contributed by atoms with E-state index in [1.54, 1.807) is 14.2 Å². The Hall–Kier alpha value is -2.89. The van der Waals surface area contributed by atoms with Crippen LogP contribution in [0.3, 0.4) is 0 Å². The second-order valence-corrected chi connectivity index (χ2v) is 6.90. The largest absolute Gasteiger partial charge is 0.496 e. The Kier molecular flexibility index (Phi) is 9.50. The molecule has 0 unspecified atom stereocenters. The number of aryl methyl sites for hydroxylation is 2. The molecule has 0 atom stereocenters. The van der Waals surface area contributed by atoms with Crippen LogP contribution in [0.2, 0.25) is 0 Å². The molecule has 2 aromatic heterocycles. The number of hydrogen-bond donors (Lipinski definition) is 0. The predicted molar refractivity (Wildman–Crippen MR) is 113 cm³/mol. The van der Waals surface area contributed by atoms with E-state index < -0.39 is 0 Å². The molecule has 7 heteroatoms. The first-order valence-corrected chi connectivity index (χ1v) is 9.71. The second kappa shape index (κ2) is 12.1. The number of rotatable bonds is 6. The Bertz CT molecular complexity index is 989. The van der Waals surface area contributed by atoms with Crippen molar-refractivity contribution in [2.75, 3.05) is 14.2 Å². The summed E-state index contributed by atoms with van der Waals surface area (Å²) < 4.78 is 18.4. The SMILES string of the molecule is COc1ccccc1Cn1[c-][n+](C)cc1.COc1ccccc1Cn1[c-][n+](C)cc1.[Ir]. The van der Waals surface area contributed by atoms with E-state index in [1.165, 1.54) is 0 Å². The molecule has 165 valence electrons. The van der Waals surface area contributed by atoms with Gasteiger partial charge in [-0.3, -0.25) is 0 Å². The summed E-state index contributed by atoms with van der Waals surface area (Å²) in [5, 5.41) is 0. The van der Waals surface area contributed by atoms with Crippen LogP contribution in [0.15, 0.2) is 73.3 Å². The fraction of sp³-hybridized carbons (Fsp3) is 0.250. The van der Waals surface area contributed by atoms with Gasteiger partial charge in [-0.05, 0) is 36.9 Å².